The number of hydrogen-bond donors (Lipinski definition) is 1. The van der Waals surface area contributed by atoms with Crippen LogP contribution in [0.4, 0.5) is 0 Å². The van der Waals surface area contributed by atoms with Crippen LogP contribution in [0.3, 0.4) is 0 Å². The summed E-state index contributed by atoms with van der Waals surface area (Å²) in [6.45, 7) is 6.59. The molecule has 1 aliphatic heterocycles. The second-order valence-electron chi connectivity index (χ2n) is 5.30. The lowest BCUT2D eigenvalue weighted by atomic mass is 10.1. The summed E-state index contributed by atoms with van der Waals surface area (Å²) in [5.74, 6) is -1.21. The van der Waals surface area contributed by atoms with Gasteiger partial charge in [0.2, 0.25) is 0 Å². The maximum absolute atomic E-state index is 12.6. The summed E-state index contributed by atoms with van der Waals surface area (Å²) in [4.78, 5) is 29.5. The van der Waals surface area contributed by atoms with Crippen molar-refractivity contribution in [2.45, 2.75) is 39.3 Å². The second kappa shape index (κ2) is 6.22. The monoisotopic (exact) mass is 292 g/mol. The van der Waals surface area contributed by atoms with E-state index in [0.29, 0.717) is 18.8 Å². The van der Waals surface area contributed by atoms with E-state index in [1.165, 1.54) is 12.1 Å². The van der Waals surface area contributed by atoms with Gasteiger partial charge in [-0.3, -0.25) is 4.79 Å². The molecule has 6 heteroatoms. The Balaban J connectivity index is 2.26. The van der Waals surface area contributed by atoms with Crippen molar-refractivity contribution in [2.24, 2.45) is 0 Å². The molecule has 0 spiro atoms. The molecule has 1 N–H and O–H groups in total. The van der Waals surface area contributed by atoms with Gasteiger partial charge in [0.05, 0.1) is 30.0 Å². The second-order valence-corrected chi connectivity index (χ2v) is 5.30. The van der Waals surface area contributed by atoms with Gasteiger partial charge in [0, 0.05) is 6.54 Å². The van der Waals surface area contributed by atoms with Crippen LogP contribution < -0.4 is 0 Å². The average Bonchev–Trinajstić information content (AvgIpc) is 2.45. The lowest BCUT2D eigenvalue weighted by Gasteiger charge is -2.38. The molecular formula is C15H20N2O4. The molecular weight excluding hydrogens is 272 g/mol. The number of carbonyl (C=O) groups excluding carboxylic acids is 1. The number of hydrogen-bond acceptors (Lipinski definition) is 4. The lowest BCUT2D eigenvalue weighted by molar-refractivity contribution is -0.0446. The number of nitrogens with zero attached hydrogens (tertiary/aromatic N) is 2. The van der Waals surface area contributed by atoms with E-state index in [1.54, 1.807) is 11.8 Å². The smallest absolute Gasteiger partial charge is 0.337 e. The molecule has 6 nitrogen and oxygen atoms in total. The van der Waals surface area contributed by atoms with Gasteiger partial charge < -0.3 is 14.7 Å². The largest absolute Gasteiger partial charge is 0.478 e. The first kappa shape index (κ1) is 15.4. The Morgan fingerprint density at radius 1 is 1.48 bits per heavy atom. The minimum absolute atomic E-state index is 0.00357. The molecule has 21 heavy (non-hydrogen) atoms. The molecule has 2 atom stereocenters. The fraction of sp³-hybridized carbons (Fsp3) is 0.533. The lowest BCUT2D eigenvalue weighted by Crippen LogP contribution is -2.51. The van der Waals surface area contributed by atoms with Crippen LogP contribution >= 0.6 is 0 Å². The topological polar surface area (TPSA) is 79.7 Å². The molecule has 2 unspecified atom stereocenters. The fourth-order valence-electron chi connectivity index (χ4n) is 2.48. The molecule has 1 saturated heterocycles. The van der Waals surface area contributed by atoms with Gasteiger partial charge in [-0.2, -0.15) is 0 Å². The van der Waals surface area contributed by atoms with Crippen molar-refractivity contribution >= 4 is 11.9 Å². The van der Waals surface area contributed by atoms with Crippen LogP contribution in [-0.4, -0.2) is 52.2 Å². The SMILES string of the molecule is CCC1COC(C)CN1C(=O)c1ccc(C(=O)O)c(C)n1. The minimum atomic E-state index is -1.04. The van der Waals surface area contributed by atoms with E-state index in [4.69, 9.17) is 9.84 Å². The van der Waals surface area contributed by atoms with Crippen LogP contribution in [0.15, 0.2) is 12.1 Å². The molecule has 0 aromatic carbocycles. The predicted molar refractivity (Wildman–Crippen MR) is 76.5 cm³/mol. The summed E-state index contributed by atoms with van der Waals surface area (Å²) in [5.41, 5.74) is 0.752. The van der Waals surface area contributed by atoms with E-state index >= 15 is 0 Å². The first-order valence-corrected chi connectivity index (χ1v) is 7.07. The maximum atomic E-state index is 12.6. The zero-order valence-corrected chi connectivity index (χ0v) is 12.5. The number of carbonyl (C=O) groups is 2. The van der Waals surface area contributed by atoms with Crippen molar-refractivity contribution in [3.05, 3.63) is 29.1 Å². The van der Waals surface area contributed by atoms with Gasteiger partial charge in [-0.1, -0.05) is 6.92 Å². The van der Waals surface area contributed by atoms with Crippen LogP contribution in [0, 0.1) is 6.92 Å². The Bertz CT molecular complexity index is 559. The van der Waals surface area contributed by atoms with Crippen LogP contribution in [0.25, 0.3) is 0 Å². The van der Waals surface area contributed by atoms with Gasteiger partial charge >= 0.3 is 5.97 Å². The molecule has 0 radical (unpaired) electrons. The van der Waals surface area contributed by atoms with Crippen molar-refractivity contribution in [3.63, 3.8) is 0 Å². The third-order valence-corrected chi connectivity index (χ3v) is 3.74. The Labute approximate surface area is 123 Å². The Morgan fingerprint density at radius 2 is 2.19 bits per heavy atom. The molecule has 1 fully saturated rings. The maximum Gasteiger partial charge on any atom is 0.337 e. The number of pyridine rings is 1. The standard InChI is InChI=1S/C15H20N2O4/c1-4-11-8-21-9(2)7-17(11)14(18)13-6-5-12(15(19)20)10(3)16-13/h5-6,9,11H,4,7-8H2,1-3H3,(H,19,20). The highest BCUT2D eigenvalue weighted by molar-refractivity contribution is 5.94. The summed E-state index contributed by atoms with van der Waals surface area (Å²) in [6, 6.07) is 2.95. The first-order valence-electron chi connectivity index (χ1n) is 7.07. The zero-order chi connectivity index (χ0) is 15.6. The van der Waals surface area contributed by atoms with Crippen LogP contribution in [0.2, 0.25) is 0 Å². The predicted octanol–water partition coefficient (Wildman–Crippen LogP) is 1.73. The van der Waals surface area contributed by atoms with Gasteiger partial charge in [-0.15, -0.1) is 0 Å². The van der Waals surface area contributed by atoms with E-state index in [0.717, 1.165) is 6.42 Å². The van der Waals surface area contributed by atoms with Gasteiger partial charge in [0.15, 0.2) is 0 Å². The molecule has 1 aromatic heterocycles. The Morgan fingerprint density at radius 3 is 2.76 bits per heavy atom. The van der Waals surface area contributed by atoms with Crippen molar-refractivity contribution < 1.29 is 19.4 Å². The average molecular weight is 292 g/mol. The highest BCUT2D eigenvalue weighted by Gasteiger charge is 2.30. The van der Waals surface area contributed by atoms with Crippen molar-refractivity contribution in [3.8, 4) is 0 Å². The number of ether oxygens (including phenoxy) is 1. The van der Waals surface area contributed by atoms with E-state index in [2.05, 4.69) is 4.98 Å². The van der Waals surface area contributed by atoms with Crippen molar-refractivity contribution in [1.82, 2.24) is 9.88 Å². The molecule has 0 saturated carbocycles. The third-order valence-electron chi connectivity index (χ3n) is 3.74. The van der Waals surface area contributed by atoms with E-state index in [-0.39, 0.29) is 29.3 Å². The van der Waals surface area contributed by atoms with Gasteiger partial charge in [-0.05, 0) is 32.4 Å². The zero-order valence-electron chi connectivity index (χ0n) is 12.5. The molecule has 0 bridgehead atoms. The van der Waals surface area contributed by atoms with Gasteiger partial charge in [0.1, 0.15) is 5.69 Å². The molecule has 114 valence electrons. The summed E-state index contributed by atoms with van der Waals surface area (Å²) in [6.07, 6.45) is 0.807. The molecule has 2 rings (SSSR count). The number of morpholine rings is 1. The van der Waals surface area contributed by atoms with Crippen LogP contribution in [-0.2, 0) is 4.74 Å². The Hall–Kier alpha value is -1.95. The molecule has 1 aliphatic rings. The van der Waals surface area contributed by atoms with Gasteiger partial charge in [-0.25, -0.2) is 9.78 Å². The van der Waals surface area contributed by atoms with E-state index in [1.807, 2.05) is 13.8 Å². The minimum Gasteiger partial charge on any atom is -0.478 e. The van der Waals surface area contributed by atoms with Gasteiger partial charge in [0.25, 0.3) is 5.91 Å². The number of aromatic nitrogens is 1. The van der Waals surface area contributed by atoms with Crippen molar-refractivity contribution in [1.29, 1.82) is 0 Å². The fourth-order valence-corrected chi connectivity index (χ4v) is 2.48. The highest BCUT2D eigenvalue weighted by atomic mass is 16.5. The van der Waals surface area contributed by atoms with E-state index < -0.39 is 5.97 Å². The number of amides is 1. The first-order chi connectivity index (χ1) is 9.93. The summed E-state index contributed by atoms with van der Waals surface area (Å²) < 4.78 is 5.58. The quantitative estimate of drug-likeness (QED) is 0.917. The summed E-state index contributed by atoms with van der Waals surface area (Å²) in [5, 5.41) is 9.01. The molecule has 1 aromatic rings. The highest BCUT2D eigenvalue weighted by Crippen LogP contribution is 2.18. The Kier molecular flexibility index (Phi) is 4.57. The molecule has 1 amide bonds. The van der Waals surface area contributed by atoms with E-state index in [9.17, 15) is 9.59 Å². The number of aromatic carboxylic acids is 1. The van der Waals surface area contributed by atoms with Crippen LogP contribution in [0.1, 0.15) is 46.8 Å². The number of rotatable bonds is 3. The normalized spacial score (nSPS) is 22.1. The van der Waals surface area contributed by atoms with Crippen LogP contribution in [0.5, 0.6) is 0 Å². The number of carboxylic acid groups (broad SMARTS) is 1. The number of aryl methyl sites for hydroxylation is 1. The number of carboxylic acids is 1. The third kappa shape index (κ3) is 3.21. The van der Waals surface area contributed by atoms with Crippen molar-refractivity contribution in [2.75, 3.05) is 13.2 Å². The summed E-state index contributed by atoms with van der Waals surface area (Å²) in [7, 11) is 0. The summed E-state index contributed by atoms with van der Waals surface area (Å²) >= 11 is 0. The molecule has 0 aliphatic carbocycles. The molecule has 2 heterocycles.